The van der Waals surface area contributed by atoms with E-state index >= 15 is 0 Å². The van der Waals surface area contributed by atoms with Gasteiger partial charge in [0.25, 0.3) is 5.91 Å². The van der Waals surface area contributed by atoms with E-state index in [4.69, 9.17) is 14.2 Å². The molecule has 2 aromatic carbocycles. The van der Waals surface area contributed by atoms with Crippen LogP contribution in [0.15, 0.2) is 42.5 Å². The summed E-state index contributed by atoms with van der Waals surface area (Å²) in [6, 6.07) is 12.5. The van der Waals surface area contributed by atoms with Gasteiger partial charge in [-0.15, -0.1) is 11.3 Å². The third-order valence-corrected chi connectivity index (χ3v) is 6.02. The van der Waals surface area contributed by atoms with Gasteiger partial charge in [-0.2, -0.15) is 0 Å². The normalized spacial score (nSPS) is 12.8. The predicted octanol–water partition coefficient (Wildman–Crippen LogP) is 4.71. The molecular weight excluding hydrogens is 405 g/mol. The van der Waals surface area contributed by atoms with E-state index < -0.39 is 0 Å². The molecule has 1 amide bonds. The van der Waals surface area contributed by atoms with Crippen molar-refractivity contribution in [3.63, 3.8) is 0 Å². The minimum Gasteiger partial charge on any atom is -0.497 e. The molecule has 0 atom stereocenters. The first-order valence-electron chi connectivity index (χ1n) is 9.60. The number of thiophene rings is 1. The number of halogens is 1. The number of rotatable bonds is 6. The molecule has 0 bridgehead atoms. The van der Waals surface area contributed by atoms with Crippen molar-refractivity contribution in [2.75, 3.05) is 20.4 Å². The zero-order valence-corrected chi connectivity index (χ0v) is 17.6. The van der Waals surface area contributed by atoms with Gasteiger partial charge in [0.05, 0.1) is 18.6 Å². The number of carbonyl (C=O) groups excluding carboxylic acids is 1. The highest BCUT2D eigenvalue weighted by atomic mass is 32.1. The average Bonchev–Trinajstić information content (AvgIpc) is 3.15. The molecule has 0 spiro atoms. The summed E-state index contributed by atoms with van der Waals surface area (Å²) in [5.74, 6) is 0.977. The highest BCUT2D eigenvalue weighted by Gasteiger charge is 2.18. The molecule has 1 aromatic heterocycles. The van der Waals surface area contributed by atoms with Crippen LogP contribution in [0.25, 0.3) is 11.1 Å². The fourth-order valence-corrected chi connectivity index (χ4v) is 4.45. The van der Waals surface area contributed by atoms with Crippen LogP contribution in [0.2, 0.25) is 0 Å². The Morgan fingerprint density at radius 3 is 2.80 bits per heavy atom. The van der Waals surface area contributed by atoms with Gasteiger partial charge in [0.1, 0.15) is 17.3 Å². The number of methoxy groups -OCH3 is 1. The largest absolute Gasteiger partial charge is 0.497 e. The van der Waals surface area contributed by atoms with E-state index in [9.17, 15) is 9.18 Å². The highest BCUT2D eigenvalue weighted by molar-refractivity contribution is 7.14. The van der Waals surface area contributed by atoms with Crippen molar-refractivity contribution in [3.05, 3.63) is 69.2 Å². The van der Waals surface area contributed by atoms with Crippen molar-refractivity contribution in [3.8, 4) is 22.6 Å². The van der Waals surface area contributed by atoms with Crippen molar-refractivity contribution in [2.24, 2.45) is 0 Å². The third-order valence-electron chi connectivity index (χ3n) is 4.97. The van der Waals surface area contributed by atoms with Gasteiger partial charge >= 0.3 is 0 Å². The lowest BCUT2D eigenvalue weighted by Crippen LogP contribution is -2.25. The molecule has 2 heterocycles. The van der Waals surface area contributed by atoms with Crippen molar-refractivity contribution in [2.45, 2.75) is 20.0 Å². The number of aryl methyl sites for hydroxylation is 1. The number of nitrogens with one attached hydrogen (secondary N) is 1. The van der Waals surface area contributed by atoms with Crippen LogP contribution in [0.5, 0.6) is 11.5 Å². The van der Waals surface area contributed by atoms with E-state index in [0.29, 0.717) is 35.8 Å². The molecule has 7 heteroatoms. The Balaban J connectivity index is 1.42. The second-order valence-electron chi connectivity index (χ2n) is 6.98. The first-order chi connectivity index (χ1) is 14.5. The maximum Gasteiger partial charge on any atom is 0.261 e. The minimum atomic E-state index is -0.331. The van der Waals surface area contributed by atoms with Gasteiger partial charge in [-0.3, -0.25) is 4.79 Å². The lowest BCUT2D eigenvalue weighted by atomic mass is 10.1. The number of benzene rings is 2. The van der Waals surface area contributed by atoms with Crippen LogP contribution in [0.3, 0.4) is 0 Å². The second-order valence-corrected chi connectivity index (χ2v) is 8.24. The van der Waals surface area contributed by atoms with Crippen LogP contribution in [0.1, 0.15) is 25.7 Å². The first-order valence-corrected chi connectivity index (χ1v) is 10.4. The van der Waals surface area contributed by atoms with Gasteiger partial charge in [-0.1, -0.05) is 12.1 Å². The molecular formula is C23H22FNO4S. The highest BCUT2D eigenvalue weighted by Crippen LogP contribution is 2.32. The fourth-order valence-electron chi connectivity index (χ4n) is 3.49. The van der Waals surface area contributed by atoms with E-state index in [0.717, 1.165) is 27.3 Å². The lowest BCUT2D eigenvalue weighted by Gasteiger charge is -2.20. The van der Waals surface area contributed by atoms with Crippen LogP contribution in [0, 0.1) is 12.7 Å². The quantitative estimate of drug-likeness (QED) is 0.619. The van der Waals surface area contributed by atoms with Gasteiger partial charge in [0, 0.05) is 17.0 Å². The van der Waals surface area contributed by atoms with Crippen LogP contribution in [-0.4, -0.2) is 26.4 Å². The van der Waals surface area contributed by atoms with Crippen molar-refractivity contribution in [1.82, 2.24) is 5.32 Å². The number of fused-ring (bicyclic) bond motifs is 1. The maximum absolute atomic E-state index is 13.9. The second kappa shape index (κ2) is 8.85. The molecule has 4 rings (SSSR count). The summed E-state index contributed by atoms with van der Waals surface area (Å²) >= 11 is 1.45. The summed E-state index contributed by atoms with van der Waals surface area (Å²) in [6.07, 6.45) is 0.474. The van der Waals surface area contributed by atoms with Gasteiger partial charge in [0.2, 0.25) is 0 Å². The van der Waals surface area contributed by atoms with Crippen LogP contribution in [-0.2, 0) is 17.8 Å². The van der Waals surface area contributed by atoms with Gasteiger partial charge in [-0.05, 0) is 60.4 Å². The summed E-state index contributed by atoms with van der Waals surface area (Å²) in [5.41, 5.74) is 3.49. The maximum atomic E-state index is 13.9. The van der Waals surface area contributed by atoms with Crippen molar-refractivity contribution >= 4 is 17.2 Å². The monoisotopic (exact) mass is 427 g/mol. The zero-order valence-electron chi connectivity index (χ0n) is 16.8. The zero-order chi connectivity index (χ0) is 21.1. The Bertz CT molecular complexity index is 1060. The van der Waals surface area contributed by atoms with E-state index in [-0.39, 0.29) is 18.5 Å². The smallest absolute Gasteiger partial charge is 0.261 e. The van der Waals surface area contributed by atoms with Crippen molar-refractivity contribution < 1.29 is 23.4 Å². The Labute approximate surface area is 178 Å². The van der Waals surface area contributed by atoms with Gasteiger partial charge in [0.15, 0.2) is 6.79 Å². The standard InChI is InChI=1S/C23H22FNO4S/c1-14-20(15-3-5-19(27-2)6-4-15)11-21(30-14)23(26)25-8-7-16-9-18(24)10-17-12-28-13-29-22(16)17/h3-6,9-11H,7-8,12-13H2,1-2H3,(H,25,26). The molecule has 1 N–H and O–H groups in total. The van der Waals surface area contributed by atoms with E-state index in [1.165, 1.54) is 23.5 Å². The summed E-state index contributed by atoms with van der Waals surface area (Å²) in [7, 11) is 1.63. The molecule has 1 aliphatic heterocycles. The van der Waals surface area contributed by atoms with Crippen LogP contribution < -0.4 is 14.8 Å². The lowest BCUT2D eigenvalue weighted by molar-refractivity contribution is -0.0172. The van der Waals surface area contributed by atoms with Crippen LogP contribution in [0.4, 0.5) is 4.39 Å². The van der Waals surface area contributed by atoms with E-state index in [1.807, 2.05) is 37.3 Å². The Hall–Kier alpha value is -2.90. The minimum absolute atomic E-state index is 0.141. The molecule has 0 fully saturated rings. The summed E-state index contributed by atoms with van der Waals surface area (Å²) in [4.78, 5) is 14.4. The van der Waals surface area contributed by atoms with Crippen molar-refractivity contribution in [1.29, 1.82) is 0 Å². The molecule has 3 aromatic rings. The number of ether oxygens (including phenoxy) is 3. The molecule has 30 heavy (non-hydrogen) atoms. The Morgan fingerprint density at radius 1 is 1.23 bits per heavy atom. The molecule has 0 unspecified atom stereocenters. The molecule has 0 radical (unpaired) electrons. The van der Waals surface area contributed by atoms with Gasteiger partial charge < -0.3 is 19.5 Å². The SMILES string of the molecule is COc1ccc(-c2cc(C(=O)NCCc3cc(F)cc4c3OCOC4)sc2C)cc1. The first kappa shape index (κ1) is 20.4. The van der Waals surface area contributed by atoms with E-state index in [1.54, 1.807) is 7.11 Å². The number of hydrogen-bond acceptors (Lipinski definition) is 5. The summed E-state index contributed by atoms with van der Waals surface area (Å²) in [6.45, 7) is 2.86. The molecule has 156 valence electrons. The number of hydrogen-bond donors (Lipinski definition) is 1. The topological polar surface area (TPSA) is 56.8 Å². The summed E-state index contributed by atoms with van der Waals surface area (Å²) in [5, 5.41) is 2.93. The predicted molar refractivity (Wildman–Crippen MR) is 114 cm³/mol. The van der Waals surface area contributed by atoms with Gasteiger partial charge in [-0.25, -0.2) is 4.39 Å². The average molecular weight is 427 g/mol. The molecule has 5 nitrogen and oxygen atoms in total. The number of amides is 1. The molecule has 0 saturated heterocycles. The summed E-state index contributed by atoms with van der Waals surface area (Å²) < 4.78 is 29.8. The molecule has 0 aliphatic carbocycles. The fraction of sp³-hybridized carbons (Fsp3) is 0.261. The van der Waals surface area contributed by atoms with E-state index in [2.05, 4.69) is 5.32 Å². The molecule has 1 aliphatic rings. The Kier molecular flexibility index (Phi) is 6.01. The Morgan fingerprint density at radius 2 is 2.03 bits per heavy atom. The van der Waals surface area contributed by atoms with Crippen LogP contribution >= 0.6 is 11.3 Å². The molecule has 0 saturated carbocycles. The number of carbonyl (C=O) groups is 1. The third kappa shape index (κ3) is 4.32.